The third-order valence-electron chi connectivity index (χ3n) is 3.51. The van der Waals surface area contributed by atoms with Crippen LogP contribution in [-0.4, -0.2) is 55.6 Å². The normalized spacial score (nSPS) is 16.8. The van der Waals surface area contributed by atoms with Crippen LogP contribution in [0.5, 0.6) is 0 Å². The Morgan fingerprint density at radius 2 is 1.94 bits per heavy atom. The highest BCUT2D eigenvalue weighted by atomic mass is 16.2. The molecule has 1 aliphatic carbocycles. The van der Waals surface area contributed by atoms with Gasteiger partial charge in [0.1, 0.15) is 0 Å². The van der Waals surface area contributed by atoms with Crippen molar-refractivity contribution in [3.63, 3.8) is 0 Å². The molecule has 1 saturated carbocycles. The molecule has 0 atom stereocenters. The average molecular weight is 227 g/mol. The fourth-order valence-electron chi connectivity index (χ4n) is 2.15. The Labute approximate surface area is 99.0 Å². The second-order valence-electron chi connectivity index (χ2n) is 4.66. The van der Waals surface area contributed by atoms with Crippen LogP contribution in [0.4, 0.5) is 4.79 Å². The average Bonchev–Trinajstić information content (AvgIpc) is 2.81. The van der Waals surface area contributed by atoms with Gasteiger partial charge in [-0.05, 0) is 26.8 Å². The minimum Gasteiger partial charge on any atom is -0.337 e. The summed E-state index contributed by atoms with van der Waals surface area (Å²) in [6.07, 6.45) is 5.36. The van der Waals surface area contributed by atoms with Crippen LogP contribution in [0.15, 0.2) is 0 Å². The quantitative estimate of drug-likeness (QED) is 0.773. The van der Waals surface area contributed by atoms with Crippen LogP contribution in [-0.2, 0) is 0 Å². The number of carbonyl (C=O) groups is 1. The monoisotopic (exact) mass is 227 g/mol. The molecular formula is C12H25N3O. The maximum Gasteiger partial charge on any atom is 0.317 e. The molecule has 1 fully saturated rings. The van der Waals surface area contributed by atoms with Crippen molar-refractivity contribution < 1.29 is 4.79 Å². The van der Waals surface area contributed by atoms with Gasteiger partial charge in [0, 0.05) is 32.7 Å². The van der Waals surface area contributed by atoms with Gasteiger partial charge in [0.15, 0.2) is 0 Å². The summed E-state index contributed by atoms with van der Waals surface area (Å²) in [5, 5.41) is 2.93. The van der Waals surface area contributed by atoms with E-state index in [2.05, 4.69) is 17.3 Å². The number of likely N-dealkylation sites (N-methyl/N-ethyl adjacent to an activating group) is 1. The van der Waals surface area contributed by atoms with Crippen molar-refractivity contribution in [1.82, 2.24) is 15.1 Å². The molecule has 1 rings (SSSR count). The minimum atomic E-state index is 0.0299. The fraction of sp³-hybridized carbons (Fsp3) is 0.917. The summed E-state index contributed by atoms with van der Waals surface area (Å²) in [5.74, 6) is 0. The van der Waals surface area contributed by atoms with E-state index in [0.717, 1.165) is 25.7 Å². The topological polar surface area (TPSA) is 35.6 Å². The predicted molar refractivity (Wildman–Crippen MR) is 66.6 cm³/mol. The van der Waals surface area contributed by atoms with E-state index in [1.54, 1.807) is 4.90 Å². The van der Waals surface area contributed by atoms with E-state index < -0.39 is 0 Å². The molecule has 0 spiro atoms. The van der Waals surface area contributed by atoms with Crippen LogP contribution in [0, 0.1) is 0 Å². The smallest absolute Gasteiger partial charge is 0.317 e. The summed E-state index contributed by atoms with van der Waals surface area (Å²) in [6, 6.07) is 0.767. The first-order valence-electron chi connectivity index (χ1n) is 6.34. The second-order valence-corrected chi connectivity index (χ2v) is 4.66. The maximum atomic E-state index is 11.5. The summed E-state index contributed by atoms with van der Waals surface area (Å²) in [5.41, 5.74) is 0. The lowest BCUT2D eigenvalue weighted by molar-refractivity contribution is 0.204. The van der Waals surface area contributed by atoms with Crippen molar-refractivity contribution in [2.45, 2.75) is 38.6 Å². The number of hydrogen-bond acceptors (Lipinski definition) is 2. The molecule has 0 aromatic carbocycles. The van der Waals surface area contributed by atoms with E-state index in [4.69, 9.17) is 0 Å². The summed E-state index contributed by atoms with van der Waals surface area (Å²) >= 11 is 0. The molecule has 0 heterocycles. The first-order valence-corrected chi connectivity index (χ1v) is 6.34. The zero-order chi connectivity index (χ0) is 12.0. The molecule has 16 heavy (non-hydrogen) atoms. The Morgan fingerprint density at radius 1 is 1.31 bits per heavy atom. The number of nitrogens with one attached hydrogen (secondary N) is 1. The van der Waals surface area contributed by atoms with Crippen molar-refractivity contribution in [3.05, 3.63) is 0 Å². The first kappa shape index (κ1) is 13.3. The number of amides is 2. The van der Waals surface area contributed by atoms with E-state index in [0.29, 0.717) is 0 Å². The number of carbonyl (C=O) groups excluding carboxylic acids is 1. The van der Waals surface area contributed by atoms with Gasteiger partial charge in [0.05, 0.1) is 0 Å². The standard InChI is InChI=1S/C12H25N3O/c1-4-14(2)12(16)13-9-10-15(3)11-7-5-6-8-11/h11H,4-10H2,1-3H3,(H,13,16). The fourth-order valence-corrected chi connectivity index (χ4v) is 2.15. The number of rotatable bonds is 5. The van der Waals surface area contributed by atoms with Gasteiger partial charge in [-0.2, -0.15) is 0 Å². The Kier molecular flexibility index (Phi) is 5.60. The second kappa shape index (κ2) is 6.74. The molecular weight excluding hydrogens is 202 g/mol. The van der Waals surface area contributed by atoms with Gasteiger partial charge in [0.25, 0.3) is 0 Å². The lowest BCUT2D eigenvalue weighted by Crippen LogP contribution is -2.42. The number of nitrogens with zero attached hydrogens (tertiary/aromatic N) is 2. The van der Waals surface area contributed by atoms with Gasteiger partial charge >= 0.3 is 6.03 Å². The van der Waals surface area contributed by atoms with Crippen molar-refractivity contribution in [2.24, 2.45) is 0 Å². The van der Waals surface area contributed by atoms with Crippen molar-refractivity contribution in [3.8, 4) is 0 Å². The summed E-state index contributed by atoms with van der Waals surface area (Å²) in [4.78, 5) is 15.5. The number of hydrogen-bond donors (Lipinski definition) is 1. The molecule has 94 valence electrons. The van der Waals surface area contributed by atoms with Crippen LogP contribution in [0.1, 0.15) is 32.6 Å². The summed E-state index contributed by atoms with van der Waals surface area (Å²) < 4.78 is 0. The zero-order valence-electron chi connectivity index (χ0n) is 10.8. The van der Waals surface area contributed by atoms with Gasteiger partial charge in [-0.3, -0.25) is 0 Å². The van der Waals surface area contributed by atoms with E-state index in [9.17, 15) is 4.79 Å². The third-order valence-corrected chi connectivity index (χ3v) is 3.51. The Bertz CT molecular complexity index is 214. The predicted octanol–water partition coefficient (Wildman–Crippen LogP) is 1.52. The van der Waals surface area contributed by atoms with Gasteiger partial charge < -0.3 is 15.1 Å². The van der Waals surface area contributed by atoms with Crippen LogP contribution in [0.3, 0.4) is 0 Å². The lowest BCUT2D eigenvalue weighted by Gasteiger charge is -2.24. The highest BCUT2D eigenvalue weighted by molar-refractivity contribution is 5.73. The molecule has 1 aliphatic rings. The molecule has 0 aromatic rings. The molecule has 1 N–H and O–H groups in total. The van der Waals surface area contributed by atoms with Crippen molar-refractivity contribution >= 4 is 6.03 Å². The highest BCUT2D eigenvalue weighted by Gasteiger charge is 2.19. The largest absolute Gasteiger partial charge is 0.337 e. The Morgan fingerprint density at radius 3 is 2.50 bits per heavy atom. The summed E-state index contributed by atoms with van der Waals surface area (Å²) in [7, 11) is 3.97. The van der Waals surface area contributed by atoms with Crippen LogP contribution in [0.25, 0.3) is 0 Å². The molecule has 4 nitrogen and oxygen atoms in total. The van der Waals surface area contributed by atoms with Gasteiger partial charge in [-0.15, -0.1) is 0 Å². The number of urea groups is 1. The molecule has 0 unspecified atom stereocenters. The Hall–Kier alpha value is -0.770. The van der Waals surface area contributed by atoms with Gasteiger partial charge in [-0.25, -0.2) is 4.79 Å². The molecule has 0 aliphatic heterocycles. The Balaban J connectivity index is 2.12. The third kappa shape index (κ3) is 4.00. The first-order chi connectivity index (χ1) is 7.65. The maximum absolute atomic E-state index is 11.5. The lowest BCUT2D eigenvalue weighted by atomic mass is 10.2. The van der Waals surface area contributed by atoms with Crippen molar-refractivity contribution in [1.29, 1.82) is 0 Å². The van der Waals surface area contributed by atoms with E-state index >= 15 is 0 Å². The highest BCUT2D eigenvalue weighted by Crippen LogP contribution is 2.21. The van der Waals surface area contributed by atoms with Crippen molar-refractivity contribution in [2.75, 3.05) is 33.7 Å². The molecule has 0 aromatic heterocycles. The molecule has 0 radical (unpaired) electrons. The van der Waals surface area contributed by atoms with E-state index in [1.807, 2.05) is 14.0 Å². The molecule has 0 saturated heterocycles. The van der Waals surface area contributed by atoms with E-state index in [1.165, 1.54) is 25.7 Å². The SMILES string of the molecule is CCN(C)C(=O)NCCN(C)C1CCCC1. The van der Waals surface area contributed by atoms with E-state index in [-0.39, 0.29) is 6.03 Å². The van der Waals surface area contributed by atoms with Crippen LogP contribution < -0.4 is 5.32 Å². The van der Waals surface area contributed by atoms with Crippen LogP contribution in [0.2, 0.25) is 0 Å². The van der Waals surface area contributed by atoms with Gasteiger partial charge in [-0.1, -0.05) is 12.8 Å². The minimum absolute atomic E-state index is 0.0299. The molecule has 4 heteroatoms. The van der Waals surface area contributed by atoms with Crippen LogP contribution >= 0.6 is 0 Å². The van der Waals surface area contributed by atoms with Gasteiger partial charge in [0.2, 0.25) is 0 Å². The molecule has 0 bridgehead atoms. The molecule has 2 amide bonds. The zero-order valence-corrected chi connectivity index (χ0v) is 10.8. The summed E-state index contributed by atoms with van der Waals surface area (Å²) in [6.45, 7) is 4.43.